The Balaban J connectivity index is -0.000000209. The quantitative estimate of drug-likeness (QED) is 0.406. The van der Waals surface area contributed by atoms with Crippen LogP contribution in [0.25, 0.3) is 0 Å². The van der Waals surface area contributed by atoms with Gasteiger partial charge < -0.3 is 5.32 Å². The minimum absolute atomic E-state index is 0.00463. The fourth-order valence-corrected chi connectivity index (χ4v) is 0.783. The van der Waals surface area contributed by atoms with Gasteiger partial charge in [-0.15, -0.1) is 0 Å². The average molecular weight is 299 g/mol. The van der Waals surface area contributed by atoms with E-state index < -0.39 is 15.9 Å². The normalized spacial score (nSPS) is 8.79. The van der Waals surface area contributed by atoms with Crippen LogP contribution in [0.4, 0.5) is 0 Å². The third kappa shape index (κ3) is 38.5. The fourth-order valence-electron chi connectivity index (χ4n) is 0.261. The molecule has 0 saturated carbocycles. The summed E-state index contributed by atoms with van der Waals surface area (Å²) < 4.78 is 21.9. The van der Waals surface area contributed by atoms with Crippen LogP contribution < -0.4 is 10.0 Å². The van der Waals surface area contributed by atoms with Crippen LogP contribution in [0.15, 0.2) is 0 Å². The van der Waals surface area contributed by atoms with Crippen molar-refractivity contribution in [2.24, 2.45) is 0 Å². The van der Waals surface area contributed by atoms with Crippen molar-refractivity contribution in [1.82, 2.24) is 15.1 Å². The van der Waals surface area contributed by atoms with E-state index in [2.05, 4.69) is 5.32 Å². The van der Waals surface area contributed by atoms with Gasteiger partial charge in [0.25, 0.3) is 0 Å². The number of hydrogen-bond acceptors (Lipinski definition) is 6. The first-order valence-corrected chi connectivity index (χ1v) is 6.82. The molecule has 0 aliphatic carbocycles. The third-order valence-corrected chi connectivity index (χ3v) is 1.80. The molecule has 19 heavy (non-hydrogen) atoms. The summed E-state index contributed by atoms with van der Waals surface area (Å²) in [4.78, 5) is 29.5. The van der Waals surface area contributed by atoms with E-state index >= 15 is 0 Å². The Hall–Kier alpha value is -1.68. The standard InChI is InChI=1S/C3H7NO3S.C3H7NO2.C3H7NO/c1-3(5)4-8(2,6)7;1-3(5)4(2)6;1-3(5)4-2/h1-2H3,(H,4,5);6H,1-2H3;1-2H3,(H,4,5). The summed E-state index contributed by atoms with van der Waals surface area (Å²) in [6.45, 7) is 3.89. The average Bonchev–Trinajstić information content (AvgIpc) is 2.15. The van der Waals surface area contributed by atoms with Gasteiger partial charge in [-0.1, -0.05) is 0 Å². The fraction of sp³-hybridized carbons (Fsp3) is 0.667. The Morgan fingerprint density at radius 1 is 1.05 bits per heavy atom. The zero-order chi connectivity index (χ0) is 16.2. The Kier molecular flexibility index (Phi) is 13.5. The zero-order valence-corrected chi connectivity index (χ0v) is 12.7. The molecule has 3 amide bonds. The van der Waals surface area contributed by atoms with Crippen LogP contribution in [-0.2, 0) is 24.4 Å². The molecular weight excluding hydrogens is 278 g/mol. The molecule has 0 aliphatic heterocycles. The van der Waals surface area contributed by atoms with Crippen LogP contribution in [0, 0.1) is 0 Å². The lowest BCUT2D eigenvalue weighted by atomic mass is 10.7. The molecule has 3 N–H and O–H groups in total. The number of hydroxylamine groups is 2. The van der Waals surface area contributed by atoms with E-state index in [9.17, 15) is 22.8 Å². The van der Waals surface area contributed by atoms with Gasteiger partial charge in [-0.25, -0.2) is 13.5 Å². The highest BCUT2D eigenvalue weighted by Crippen LogP contribution is 1.70. The number of nitrogens with one attached hydrogen (secondary N) is 2. The second kappa shape index (κ2) is 11.4. The second-order valence-electron chi connectivity index (χ2n) is 3.28. The summed E-state index contributed by atoms with van der Waals surface area (Å²) >= 11 is 0. The summed E-state index contributed by atoms with van der Waals surface area (Å²) in [5.41, 5.74) is 0. The van der Waals surface area contributed by atoms with Crippen LogP contribution >= 0.6 is 0 Å². The van der Waals surface area contributed by atoms with Crippen LogP contribution in [-0.4, -0.2) is 56.8 Å². The van der Waals surface area contributed by atoms with Crippen molar-refractivity contribution in [3.05, 3.63) is 0 Å². The summed E-state index contributed by atoms with van der Waals surface area (Å²) in [6, 6.07) is 0. The minimum Gasteiger partial charge on any atom is -0.359 e. The van der Waals surface area contributed by atoms with Crippen LogP contribution in [0.5, 0.6) is 0 Å². The van der Waals surface area contributed by atoms with Gasteiger partial charge in [0.05, 0.1) is 6.26 Å². The Morgan fingerprint density at radius 3 is 1.32 bits per heavy atom. The van der Waals surface area contributed by atoms with Gasteiger partial charge in [-0.05, 0) is 0 Å². The molecule has 0 fully saturated rings. The number of carbonyl (C=O) groups excluding carboxylic acids is 3. The highest BCUT2D eigenvalue weighted by Gasteiger charge is 1.99. The molecule has 9 nitrogen and oxygen atoms in total. The summed E-state index contributed by atoms with van der Waals surface area (Å²) in [5, 5.41) is 11.0. The Labute approximate surface area is 113 Å². The number of amides is 3. The van der Waals surface area contributed by atoms with Crippen molar-refractivity contribution in [2.45, 2.75) is 20.8 Å². The molecule has 0 atom stereocenters. The number of carbonyl (C=O) groups is 3. The van der Waals surface area contributed by atoms with E-state index in [0.29, 0.717) is 5.06 Å². The maximum Gasteiger partial charge on any atom is 0.242 e. The van der Waals surface area contributed by atoms with Crippen molar-refractivity contribution in [3.63, 3.8) is 0 Å². The van der Waals surface area contributed by atoms with Crippen molar-refractivity contribution < 1.29 is 28.0 Å². The Bertz CT molecular complexity index is 391. The van der Waals surface area contributed by atoms with Crippen LogP contribution in [0.1, 0.15) is 20.8 Å². The third-order valence-electron chi connectivity index (χ3n) is 1.14. The van der Waals surface area contributed by atoms with Gasteiger partial charge in [0.1, 0.15) is 0 Å². The molecule has 0 unspecified atom stereocenters. The predicted molar refractivity (Wildman–Crippen MR) is 68.6 cm³/mol. The minimum atomic E-state index is -3.32. The second-order valence-corrected chi connectivity index (χ2v) is 5.03. The number of nitrogens with zero attached hydrogens (tertiary/aromatic N) is 1. The lowest BCUT2D eigenvalue weighted by molar-refractivity contribution is -0.156. The first-order valence-electron chi connectivity index (χ1n) is 4.93. The molecule has 0 radical (unpaired) electrons. The molecule has 0 aromatic carbocycles. The first-order chi connectivity index (χ1) is 8.33. The van der Waals surface area contributed by atoms with Gasteiger partial charge >= 0.3 is 0 Å². The van der Waals surface area contributed by atoms with Gasteiger partial charge in [-0.3, -0.25) is 24.3 Å². The SMILES string of the molecule is CC(=O)N(C)O.CC(=O)NS(C)(=O)=O.CNC(C)=O. The predicted octanol–water partition coefficient (Wildman–Crippen LogP) is -1.31. The zero-order valence-electron chi connectivity index (χ0n) is 11.8. The topological polar surface area (TPSA) is 133 Å². The van der Waals surface area contributed by atoms with Crippen LogP contribution in [0.2, 0.25) is 0 Å². The lowest BCUT2D eigenvalue weighted by Gasteiger charge is -1.99. The van der Waals surface area contributed by atoms with Crippen molar-refractivity contribution in [2.75, 3.05) is 20.4 Å². The number of rotatable bonds is 1. The molecule has 0 bridgehead atoms. The van der Waals surface area contributed by atoms with Crippen LogP contribution in [0.3, 0.4) is 0 Å². The smallest absolute Gasteiger partial charge is 0.242 e. The summed E-state index contributed by atoms with van der Waals surface area (Å²) in [7, 11) is -0.443. The highest BCUT2D eigenvalue weighted by molar-refractivity contribution is 7.89. The molecule has 0 heterocycles. The van der Waals surface area contributed by atoms with E-state index in [1.807, 2.05) is 0 Å². The molecule has 10 heteroatoms. The monoisotopic (exact) mass is 299 g/mol. The van der Waals surface area contributed by atoms with E-state index in [4.69, 9.17) is 5.21 Å². The maximum atomic E-state index is 10.1. The molecular formula is C9H21N3O6S. The molecule has 0 aromatic rings. The maximum absolute atomic E-state index is 10.1. The lowest BCUT2D eigenvalue weighted by Crippen LogP contribution is -2.26. The van der Waals surface area contributed by atoms with Gasteiger partial charge in [0, 0.05) is 34.9 Å². The first kappa shape index (κ1) is 22.5. The highest BCUT2D eigenvalue weighted by atomic mass is 32.2. The van der Waals surface area contributed by atoms with Gasteiger partial charge in [0.15, 0.2) is 0 Å². The molecule has 0 aliphatic rings. The van der Waals surface area contributed by atoms with Crippen molar-refractivity contribution in [3.8, 4) is 0 Å². The van der Waals surface area contributed by atoms with Crippen molar-refractivity contribution >= 4 is 27.7 Å². The van der Waals surface area contributed by atoms with Gasteiger partial charge in [-0.2, -0.15) is 0 Å². The summed E-state index contributed by atoms with van der Waals surface area (Å²) in [5.74, 6) is -0.910. The molecule has 114 valence electrons. The van der Waals surface area contributed by atoms with E-state index in [-0.39, 0.29) is 11.8 Å². The molecule has 0 spiro atoms. The van der Waals surface area contributed by atoms with E-state index in [1.165, 1.54) is 20.9 Å². The van der Waals surface area contributed by atoms with Gasteiger partial charge in [0.2, 0.25) is 27.7 Å². The van der Waals surface area contributed by atoms with Crippen molar-refractivity contribution in [1.29, 1.82) is 0 Å². The van der Waals surface area contributed by atoms with E-state index in [1.54, 1.807) is 11.8 Å². The summed E-state index contributed by atoms with van der Waals surface area (Å²) in [6.07, 6.45) is 0.925. The largest absolute Gasteiger partial charge is 0.359 e. The Morgan fingerprint density at radius 2 is 1.32 bits per heavy atom. The molecule has 0 aromatic heterocycles. The van der Waals surface area contributed by atoms with E-state index in [0.717, 1.165) is 13.2 Å². The molecule has 0 saturated heterocycles. The number of hydrogen-bond donors (Lipinski definition) is 3. The number of sulfonamides is 1. The molecule has 0 rings (SSSR count).